The largest absolute Gasteiger partial charge is 0.480 e. The number of hydrogen-bond donors (Lipinski definition) is 1. The third kappa shape index (κ3) is 3.78. The Morgan fingerprint density at radius 2 is 2.05 bits per heavy atom. The number of carbonyl (C=O) groups excluding carboxylic acids is 1. The molecule has 8 heteroatoms. The molecule has 0 radical (unpaired) electrons. The SMILES string of the molecule is C[C@@H](Oc1ccccc1C(F)(F)F)C(=O)Nc1cnn(C)c1. The van der Waals surface area contributed by atoms with Gasteiger partial charge in [0.15, 0.2) is 6.10 Å². The summed E-state index contributed by atoms with van der Waals surface area (Å²) in [5.74, 6) is -0.950. The minimum atomic E-state index is -4.55. The number of hydrogen-bond acceptors (Lipinski definition) is 3. The van der Waals surface area contributed by atoms with Crippen molar-refractivity contribution in [2.75, 3.05) is 5.32 Å². The van der Waals surface area contributed by atoms with Crippen LogP contribution in [0.5, 0.6) is 5.75 Å². The molecule has 0 aliphatic heterocycles. The summed E-state index contributed by atoms with van der Waals surface area (Å²) in [6.07, 6.45) is -2.65. The highest BCUT2D eigenvalue weighted by Gasteiger charge is 2.34. The number of para-hydroxylation sites is 1. The molecular weight excluding hydrogens is 299 g/mol. The van der Waals surface area contributed by atoms with Gasteiger partial charge in [0.05, 0.1) is 17.4 Å². The van der Waals surface area contributed by atoms with Gasteiger partial charge in [-0.25, -0.2) is 0 Å². The smallest absolute Gasteiger partial charge is 0.419 e. The van der Waals surface area contributed by atoms with Crippen molar-refractivity contribution < 1.29 is 22.7 Å². The van der Waals surface area contributed by atoms with Crippen LogP contribution in [-0.2, 0) is 18.0 Å². The van der Waals surface area contributed by atoms with E-state index in [1.54, 1.807) is 13.2 Å². The lowest BCUT2D eigenvalue weighted by Crippen LogP contribution is -2.30. The quantitative estimate of drug-likeness (QED) is 0.944. The van der Waals surface area contributed by atoms with Crippen molar-refractivity contribution in [2.24, 2.45) is 7.05 Å². The maximum absolute atomic E-state index is 12.9. The highest BCUT2D eigenvalue weighted by atomic mass is 19.4. The maximum atomic E-state index is 12.9. The van der Waals surface area contributed by atoms with Gasteiger partial charge in [0.1, 0.15) is 5.75 Å². The molecule has 2 rings (SSSR count). The molecule has 0 unspecified atom stereocenters. The van der Waals surface area contributed by atoms with E-state index >= 15 is 0 Å². The van der Waals surface area contributed by atoms with Crippen molar-refractivity contribution in [1.82, 2.24) is 9.78 Å². The van der Waals surface area contributed by atoms with E-state index in [0.717, 1.165) is 6.07 Å². The van der Waals surface area contributed by atoms with Crippen LogP contribution >= 0.6 is 0 Å². The van der Waals surface area contributed by atoms with Gasteiger partial charge in [-0.3, -0.25) is 9.48 Å². The van der Waals surface area contributed by atoms with Gasteiger partial charge in [-0.05, 0) is 19.1 Å². The summed E-state index contributed by atoms with van der Waals surface area (Å²) in [5, 5.41) is 6.38. The fourth-order valence-electron chi connectivity index (χ4n) is 1.78. The van der Waals surface area contributed by atoms with Crippen LogP contribution in [-0.4, -0.2) is 21.8 Å². The molecule has 118 valence electrons. The van der Waals surface area contributed by atoms with Crippen LogP contribution in [0.15, 0.2) is 36.7 Å². The summed E-state index contributed by atoms with van der Waals surface area (Å²) >= 11 is 0. The van der Waals surface area contributed by atoms with Gasteiger partial charge in [0.25, 0.3) is 5.91 Å². The molecule has 22 heavy (non-hydrogen) atoms. The fraction of sp³-hybridized carbons (Fsp3) is 0.286. The van der Waals surface area contributed by atoms with Crippen molar-refractivity contribution in [3.05, 3.63) is 42.2 Å². The molecule has 1 atom stereocenters. The first kappa shape index (κ1) is 15.9. The summed E-state index contributed by atoms with van der Waals surface area (Å²) in [5.41, 5.74) is -0.483. The average Bonchev–Trinajstić information content (AvgIpc) is 2.83. The number of nitrogens with zero attached hydrogens (tertiary/aromatic N) is 2. The van der Waals surface area contributed by atoms with Gasteiger partial charge in [-0.2, -0.15) is 18.3 Å². The number of aryl methyl sites for hydroxylation is 1. The Hall–Kier alpha value is -2.51. The zero-order valence-electron chi connectivity index (χ0n) is 11.9. The van der Waals surface area contributed by atoms with E-state index in [0.29, 0.717) is 5.69 Å². The minimum Gasteiger partial charge on any atom is -0.480 e. The van der Waals surface area contributed by atoms with Crippen LogP contribution in [0.3, 0.4) is 0 Å². The molecule has 1 aromatic heterocycles. The molecule has 1 N–H and O–H groups in total. The Bertz CT molecular complexity index is 667. The van der Waals surface area contributed by atoms with Gasteiger partial charge in [-0.1, -0.05) is 12.1 Å². The third-order valence-corrected chi connectivity index (χ3v) is 2.84. The second-order valence-corrected chi connectivity index (χ2v) is 4.65. The molecule has 5 nitrogen and oxygen atoms in total. The number of carbonyl (C=O) groups is 1. The van der Waals surface area contributed by atoms with Crippen LogP contribution < -0.4 is 10.1 Å². The normalized spacial score (nSPS) is 12.8. The number of benzene rings is 1. The second kappa shape index (κ2) is 6.08. The molecule has 2 aromatic rings. The van der Waals surface area contributed by atoms with E-state index < -0.39 is 23.8 Å². The van der Waals surface area contributed by atoms with E-state index in [1.165, 1.54) is 36.0 Å². The van der Waals surface area contributed by atoms with Crippen LogP contribution in [0.25, 0.3) is 0 Å². The van der Waals surface area contributed by atoms with Crippen LogP contribution in [0, 0.1) is 0 Å². The molecule has 1 aromatic carbocycles. The predicted molar refractivity (Wildman–Crippen MR) is 73.4 cm³/mol. The molecule has 1 heterocycles. The first-order valence-corrected chi connectivity index (χ1v) is 6.40. The van der Waals surface area contributed by atoms with Gasteiger partial charge in [-0.15, -0.1) is 0 Å². The second-order valence-electron chi connectivity index (χ2n) is 4.65. The summed E-state index contributed by atoms with van der Waals surface area (Å²) in [6, 6.07) is 4.75. The van der Waals surface area contributed by atoms with Crippen molar-refractivity contribution >= 4 is 11.6 Å². The van der Waals surface area contributed by atoms with E-state index in [1.807, 2.05) is 0 Å². The lowest BCUT2D eigenvalue weighted by Gasteiger charge is -2.18. The highest BCUT2D eigenvalue weighted by Crippen LogP contribution is 2.36. The van der Waals surface area contributed by atoms with E-state index in [2.05, 4.69) is 10.4 Å². The molecule has 0 fully saturated rings. The molecule has 0 aliphatic carbocycles. The first-order chi connectivity index (χ1) is 10.3. The summed E-state index contributed by atoms with van der Waals surface area (Å²) < 4.78 is 45.2. The molecule has 1 amide bonds. The first-order valence-electron chi connectivity index (χ1n) is 6.40. The molecule has 0 bridgehead atoms. The van der Waals surface area contributed by atoms with Crippen molar-refractivity contribution in [1.29, 1.82) is 0 Å². The predicted octanol–water partition coefficient (Wildman–Crippen LogP) is 2.84. The van der Waals surface area contributed by atoms with E-state index in [9.17, 15) is 18.0 Å². The van der Waals surface area contributed by atoms with Crippen molar-refractivity contribution in [3.8, 4) is 5.75 Å². The Labute approximate surface area is 124 Å². The van der Waals surface area contributed by atoms with Crippen LogP contribution in [0.2, 0.25) is 0 Å². The van der Waals surface area contributed by atoms with Crippen molar-refractivity contribution in [3.63, 3.8) is 0 Å². The number of ether oxygens (including phenoxy) is 1. The Morgan fingerprint density at radius 1 is 1.36 bits per heavy atom. The van der Waals surface area contributed by atoms with Gasteiger partial charge < -0.3 is 10.1 Å². The van der Waals surface area contributed by atoms with Crippen LogP contribution in [0.1, 0.15) is 12.5 Å². The van der Waals surface area contributed by atoms with E-state index in [-0.39, 0.29) is 5.75 Å². The molecule has 0 saturated carbocycles. The topological polar surface area (TPSA) is 56.1 Å². The Kier molecular flexibility index (Phi) is 4.39. The monoisotopic (exact) mass is 313 g/mol. The number of rotatable bonds is 4. The average molecular weight is 313 g/mol. The van der Waals surface area contributed by atoms with Gasteiger partial charge in [0, 0.05) is 13.2 Å². The van der Waals surface area contributed by atoms with Gasteiger partial charge >= 0.3 is 6.18 Å². The molecule has 0 spiro atoms. The van der Waals surface area contributed by atoms with Gasteiger partial charge in [0.2, 0.25) is 0 Å². The lowest BCUT2D eigenvalue weighted by molar-refractivity contribution is -0.140. The number of nitrogens with one attached hydrogen (secondary N) is 1. The Morgan fingerprint density at radius 3 is 2.64 bits per heavy atom. The number of amides is 1. The highest BCUT2D eigenvalue weighted by molar-refractivity contribution is 5.93. The Balaban J connectivity index is 2.09. The number of aromatic nitrogens is 2. The molecule has 0 saturated heterocycles. The molecular formula is C14H14F3N3O2. The number of alkyl halides is 3. The standard InChI is InChI=1S/C14H14F3N3O2/c1-9(13(21)19-10-7-18-20(2)8-10)22-12-6-4-3-5-11(12)14(15,16)17/h3-9H,1-2H3,(H,19,21)/t9-/m1/s1. The van der Waals surface area contributed by atoms with E-state index in [4.69, 9.17) is 4.74 Å². The van der Waals surface area contributed by atoms with Crippen LogP contribution in [0.4, 0.5) is 18.9 Å². The minimum absolute atomic E-state index is 0.385. The summed E-state index contributed by atoms with van der Waals surface area (Å²) in [6.45, 7) is 1.37. The summed E-state index contributed by atoms with van der Waals surface area (Å²) in [4.78, 5) is 11.9. The third-order valence-electron chi connectivity index (χ3n) is 2.84. The fourth-order valence-corrected chi connectivity index (χ4v) is 1.78. The maximum Gasteiger partial charge on any atom is 0.419 e. The van der Waals surface area contributed by atoms with Crippen molar-refractivity contribution in [2.45, 2.75) is 19.2 Å². The number of anilines is 1. The summed E-state index contributed by atoms with van der Waals surface area (Å²) in [7, 11) is 1.68. The zero-order chi connectivity index (χ0) is 16.3. The zero-order valence-corrected chi connectivity index (χ0v) is 11.9. The number of halogens is 3. The molecule has 0 aliphatic rings. The lowest BCUT2D eigenvalue weighted by atomic mass is 10.2.